The molecule has 1 fully saturated rings. The summed E-state index contributed by atoms with van der Waals surface area (Å²) in [5.74, 6) is -1.52. The average Bonchev–Trinajstić information content (AvgIpc) is 3.15. The van der Waals surface area contributed by atoms with Gasteiger partial charge < -0.3 is 29.6 Å². The molecule has 17 heteroatoms. The number of aliphatic hydroxyl groups excluding tert-OH is 1. The summed E-state index contributed by atoms with van der Waals surface area (Å²) in [6.45, 7) is 3.59. The molecule has 1 aromatic carbocycles. The Bertz CT molecular complexity index is 1420. The summed E-state index contributed by atoms with van der Waals surface area (Å²) < 4.78 is 57.3. The van der Waals surface area contributed by atoms with Gasteiger partial charge in [0.05, 0.1) is 19.3 Å². The van der Waals surface area contributed by atoms with E-state index in [9.17, 15) is 28.8 Å². The summed E-state index contributed by atoms with van der Waals surface area (Å²) in [6.07, 6.45) is -4.70. The van der Waals surface area contributed by atoms with Crippen LogP contribution in [0.4, 0.5) is 4.39 Å². The maximum Gasteiger partial charge on any atom is 0.459 e. The first kappa shape index (κ1) is 33.1. The van der Waals surface area contributed by atoms with Crippen LogP contribution in [0, 0.1) is 0 Å². The third kappa shape index (κ3) is 7.91. The van der Waals surface area contributed by atoms with Gasteiger partial charge in [0.15, 0.2) is 18.6 Å². The number of hydrogen-bond acceptors (Lipinski definition) is 12. The molecule has 3 rings (SSSR count). The molecule has 1 aliphatic rings. The van der Waals surface area contributed by atoms with Crippen LogP contribution in [0.2, 0.25) is 0 Å². The molecule has 0 bridgehead atoms. The Labute approximate surface area is 239 Å². The van der Waals surface area contributed by atoms with Gasteiger partial charge in [-0.25, -0.2) is 18.3 Å². The van der Waals surface area contributed by atoms with Gasteiger partial charge in [-0.1, -0.05) is 18.2 Å². The Morgan fingerprint density at radius 2 is 1.88 bits per heavy atom. The van der Waals surface area contributed by atoms with Gasteiger partial charge in [-0.3, -0.25) is 23.5 Å². The highest BCUT2D eigenvalue weighted by atomic mass is 31.2. The highest BCUT2D eigenvalue weighted by Gasteiger charge is 2.56. The van der Waals surface area contributed by atoms with Gasteiger partial charge in [0.2, 0.25) is 0 Å². The van der Waals surface area contributed by atoms with Gasteiger partial charge in [0.1, 0.15) is 24.0 Å². The number of nitrogens with zero attached hydrogens (tertiary/aromatic N) is 2. The molecule has 0 amide bonds. The summed E-state index contributed by atoms with van der Waals surface area (Å²) >= 11 is 0. The van der Waals surface area contributed by atoms with E-state index >= 15 is 4.39 Å². The molecule has 4 N–H and O–H groups in total. The zero-order valence-corrected chi connectivity index (χ0v) is 24.3. The predicted molar refractivity (Wildman–Crippen MR) is 144 cm³/mol. The van der Waals surface area contributed by atoms with Crippen molar-refractivity contribution in [2.45, 2.75) is 70.7 Å². The molecule has 15 nitrogen and oxygen atoms in total. The van der Waals surface area contributed by atoms with E-state index in [1.807, 2.05) is 0 Å². The van der Waals surface area contributed by atoms with E-state index in [1.54, 1.807) is 32.0 Å². The Balaban J connectivity index is 1.83. The molecular weight excluding hydrogens is 582 g/mol. The Morgan fingerprint density at radius 1 is 1.21 bits per heavy atom. The predicted octanol–water partition coefficient (Wildman–Crippen LogP) is 0.589. The second-order valence-electron chi connectivity index (χ2n) is 9.78. The molecule has 2 aromatic rings. The second-order valence-corrected chi connectivity index (χ2v) is 11.5. The van der Waals surface area contributed by atoms with Crippen LogP contribution < -0.4 is 26.6 Å². The van der Waals surface area contributed by atoms with Crippen LogP contribution in [0.1, 0.15) is 33.9 Å². The van der Waals surface area contributed by atoms with E-state index in [-0.39, 0.29) is 5.75 Å². The first-order valence-electron chi connectivity index (χ1n) is 12.9. The fourth-order valence-electron chi connectivity index (χ4n) is 3.88. The Hall–Kier alpha value is -3.40. The van der Waals surface area contributed by atoms with Crippen molar-refractivity contribution in [3.63, 3.8) is 0 Å². The number of aromatic nitrogens is 2. The summed E-state index contributed by atoms with van der Waals surface area (Å²) in [6, 6.07) is 7.61. The van der Waals surface area contributed by atoms with E-state index in [0.717, 1.165) is 19.2 Å². The molecular formula is C25H34FN4O11P. The topological polar surface area (TPSA) is 200 Å². The second kappa shape index (κ2) is 13.7. The Kier molecular flexibility index (Phi) is 10.8. The smallest absolute Gasteiger partial charge is 0.459 e. The van der Waals surface area contributed by atoms with Crippen molar-refractivity contribution < 1.29 is 46.9 Å². The molecule has 0 radical (unpaired) electrons. The number of carbonyl (C=O) groups excluding carboxylic acids is 2. The number of rotatable bonds is 13. The van der Waals surface area contributed by atoms with Crippen molar-refractivity contribution in [2.75, 3.05) is 13.2 Å². The van der Waals surface area contributed by atoms with Crippen LogP contribution in [-0.4, -0.2) is 69.4 Å². The molecule has 1 saturated heterocycles. The first-order valence-corrected chi connectivity index (χ1v) is 14.4. The minimum absolute atomic E-state index is 0.114. The summed E-state index contributed by atoms with van der Waals surface area (Å²) in [5.41, 5.74) is 0.578. The number of hydrogen-bond donors (Lipinski definition) is 3. The molecule has 0 spiro atoms. The van der Waals surface area contributed by atoms with E-state index in [2.05, 4.69) is 5.09 Å². The van der Waals surface area contributed by atoms with Crippen LogP contribution in [0.25, 0.3) is 0 Å². The zero-order chi connectivity index (χ0) is 31.2. The summed E-state index contributed by atoms with van der Waals surface area (Å²) in [5, 5.41) is 13.2. The molecule has 1 aromatic heterocycles. The van der Waals surface area contributed by atoms with Crippen molar-refractivity contribution >= 4 is 19.7 Å². The van der Waals surface area contributed by atoms with Gasteiger partial charge in [0, 0.05) is 12.3 Å². The van der Waals surface area contributed by atoms with E-state index < -0.39 is 87.1 Å². The minimum Gasteiger partial charge on any atom is -0.462 e. The fourth-order valence-corrected chi connectivity index (χ4v) is 5.38. The average molecular weight is 617 g/mol. The lowest BCUT2D eigenvalue weighted by Crippen LogP contribution is -2.46. The molecule has 0 aliphatic carbocycles. The van der Waals surface area contributed by atoms with Crippen LogP contribution in [-0.2, 0) is 39.6 Å². The molecule has 6 atom stereocenters. The molecule has 1 aliphatic heterocycles. The van der Waals surface area contributed by atoms with Crippen LogP contribution in [0.3, 0.4) is 0 Å². The lowest BCUT2D eigenvalue weighted by atomic mass is 9.98. The van der Waals surface area contributed by atoms with Gasteiger partial charge >= 0.3 is 25.4 Å². The molecule has 232 valence electrons. The highest BCUT2D eigenvalue weighted by molar-refractivity contribution is 7.52. The van der Waals surface area contributed by atoms with Crippen molar-refractivity contribution in [1.82, 2.24) is 14.2 Å². The lowest BCUT2D eigenvalue weighted by molar-refractivity contribution is -0.149. The zero-order valence-electron chi connectivity index (χ0n) is 23.4. The first-order chi connectivity index (χ1) is 19.7. The number of carbonyl (C=O) groups is 2. The molecule has 2 heterocycles. The van der Waals surface area contributed by atoms with E-state index in [1.165, 1.54) is 19.1 Å². The lowest BCUT2D eigenvalue weighted by Gasteiger charge is -2.25. The number of nitrogens with two attached hydrogens (primary N) is 1. The van der Waals surface area contributed by atoms with Crippen molar-refractivity contribution in [3.05, 3.63) is 63.4 Å². The van der Waals surface area contributed by atoms with Crippen LogP contribution in [0.15, 0.2) is 52.2 Å². The maximum atomic E-state index is 15.8. The quantitative estimate of drug-likeness (QED) is 0.209. The highest BCUT2D eigenvalue weighted by Crippen LogP contribution is 2.47. The third-order valence-corrected chi connectivity index (χ3v) is 7.66. The number of halogens is 1. The number of para-hydroxylation sites is 1. The van der Waals surface area contributed by atoms with Crippen molar-refractivity contribution in [1.29, 1.82) is 0 Å². The van der Waals surface area contributed by atoms with Crippen LogP contribution in [0.5, 0.6) is 5.75 Å². The SMILES string of the molecule is CC(C)OC(=O)[C@H](C)N[P@](=O)(OC[C@H]1O[C@@H](n2ccc(=O)n(COC(=O)CN)c2=O)[C@](C)(F)[C@@H]1O)Oc1ccccc1. The summed E-state index contributed by atoms with van der Waals surface area (Å²) in [4.78, 5) is 48.9. The Morgan fingerprint density at radius 3 is 2.50 bits per heavy atom. The fraction of sp³-hybridized carbons (Fsp3) is 0.520. The van der Waals surface area contributed by atoms with Crippen molar-refractivity contribution in [2.24, 2.45) is 5.73 Å². The van der Waals surface area contributed by atoms with Gasteiger partial charge in [-0.2, -0.15) is 5.09 Å². The maximum absolute atomic E-state index is 15.8. The molecule has 0 unspecified atom stereocenters. The number of nitrogens with one attached hydrogen (secondary N) is 1. The summed E-state index contributed by atoms with van der Waals surface area (Å²) in [7, 11) is -4.39. The molecule has 0 saturated carbocycles. The molecule has 42 heavy (non-hydrogen) atoms. The monoisotopic (exact) mass is 616 g/mol. The van der Waals surface area contributed by atoms with Crippen LogP contribution >= 0.6 is 7.75 Å². The number of ether oxygens (including phenoxy) is 3. The third-order valence-electron chi connectivity index (χ3n) is 6.02. The number of esters is 2. The number of benzene rings is 1. The largest absolute Gasteiger partial charge is 0.462 e. The van der Waals surface area contributed by atoms with E-state index in [4.69, 9.17) is 29.0 Å². The van der Waals surface area contributed by atoms with Gasteiger partial charge in [-0.15, -0.1) is 0 Å². The van der Waals surface area contributed by atoms with Gasteiger partial charge in [-0.05, 0) is 39.8 Å². The number of aliphatic hydroxyl groups is 1. The van der Waals surface area contributed by atoms with Crippen molar-refractivity contribution in [3.8, 4) is 5.75 Å². The van der Waals surface area contributed by atoms with E-state index in [0.29, 0.717) is 9.13 Å². The van der Waals surface area contributed by atoms with Gasteiger partial charge in [0.25, 0.3) is 5.56 Å². The normalized spacial score (nSPS) is 24.1. The standard InChI is InChI=1S/C25H34FN4O11P/c1-15(2)39-22(34)16(3)28-42(36,41-17-8-6-5-7-9-17)38-13-18-21(33)25(4,26)23(40-18)29-11-10-19(31)30(24(29)35)14-37-20(32)12-27/h5-11,15-16,18,21,23,33H,12-14,27H2,1-4H3,(H,28,36)/t16-,18+,21+,23+,25+,42-/m0/s1. The minimum atomic E-state index is -4.39. The number of alkyl halides is 1.